The van der Waals surface area contributed by atoms with Gasteiger partial charge in [-0.15, -0.1) is 12.4 Å². The maximum Gasteiger partial charge on any atom is 0.224 e. The van der Waals surface area contributed by atoms with Crippen LogP contribution in [0.4, 0.5) is 0 Å². The van der Waals surface area contributed by atoms with Gasteiger partial charge in [0, 0.05) is 25.6 Å². The lowest BCUT2D eigenvalue weighted by Crippen LogP contribution is -2.43. The van der Waals surface area contributed by atoms with Crippen molar-refractivity contribution in [3.63, 3.8) is 0 Å². The Morgan fingerprint density at radius 3 is 2.31 bits per heavy atom. The van der Waals surface area contributed by atoms with Gasteiger partial charge in [-0.1, -0.05) is 20.3 Å². The number of likely N-dealkylation sites (tertiary alicyclic amines) is 1. The monoisotopic (exact) mass is 248 g/mol. The first kappa shape index (κ1) is 15.7. The number of piperidine rings is 1. The minimum absolute atomic E-state index is 0. The Labute approximate surface area is 105 Å². The molecule has 0 spiro atoms. The molecule has 0 aromatic carbocycles. The molecule has 3 nitrogen and oxygen atoms in total. The fourth-order valence-corrected chi connectivity index (χ4v) is 2.05. The van der Waals surface area contributed by atoms with Gasteiger partial charge >= 0.3 is 0 Å². The molecule has 0 aromatic heterocycles. The van der Waals surface area contributed by atoms with Crippen molar-refractivity contribution < 1.29 is 4.79 Å². The van der Waals surface area contributed by atoms with E-state index >= 15 is 0 Å². The van der Waals surface area contributed by atoms with Crippen LogP contribution in [0.25, 0.3) is 0 Å². The molecule has 0 aliphatic carbocycles. The lowest BCUT2D eigenvalue weighted by atomic mass is 9.78. The van der Waals surface area contributed by atoms with Crippen LogP contribution < -0.4 is 5.73 Å². The van der Waals surface area contributed by atoms with E-state index in [-0.39, 0.29) is 24.4 Å². The Kier molecular flexibility index (Phi) is 6.34. The number of halogens is 1. The molecule has 1 heterocycles. The quantitative estimate of drug-likeness (QED) is 0.832. The second-order valence-electron chi connectivity index (χ2n) is 5.23. The number of nitrogens with zero attached hydrogens (tertiary/aromatic N) is 1. The summed E-state index contributed by atoms with van der Waals surface area (Å²) in [6, 6.07) is -0.0167. The average Bonchev–Trinajstić information content (AvgIpc) is 2.18. The van der Waals surface area contributed by atoms with Crippen molar-refractivity contribution in [3.8, 4) is 0 Å². The molecule has 1 unspecified atom stereocenters. The summed E-state index contributed by atoms with van der Waals surface area (Å²) in [5.41, 5.74) is 6.08. The number of carbonyl (C=O) groups is 1. The molecule has 1 fully saturated rings. The maximum atomic E-state index is 11.8. The molecule has 1 aliphatic rings. The molecule has 2 N–H and O–H groups in total. The van der Waals surface area contributed by atoms with E-state index in [0.29, 0.717) is 11.8 Å². The predicted octanol–water partition coefficient (Wildman–Crippen LogP) is 2.18. The molecule has 1 atom stereocenters. The van der Waals surface area contributed by atoms with Crippen LogP contribution in [0.3, 0.4) is 0 Å². The number of hydrogen-bond acceptors (Lipinski definition) is 2. The van der Waals surface area contributed by atoms with Crippen LogP contribution in [-0.4, -0.2) is 29.9 Å². The standard InChI is InChI=1S/C12H24N2O.ClH/c1-4-12(3)5-7-14(8-6-12)11(15)9-10(2)13;/h10H,4-9,13H2,1-3H3;1H. The van der Waals surface area contributed by atoms with Crippen molar-refractivity contribution in [1.29, 1.82) is 0 Å². The third-order valence-corrected chi connectivity index (χ3v) is 3.67. The van der Waals surface area contributed by atoms with Gasteiger partial charge in [0.1, 0.15) is 0 Å². The number of hydrogen-bond donors (Lipinski definition) is 1. The summed E-state index contributed by atoms with van der Waals surface area (Å²) < 4.78 is 0. The summed E-state index contributed by atoms with van der Waals surface area (Å²) >= 11 is 0. The molecular formula is C12H25ClN2O. The van der Waals surface area contributed by atoms with E-state index in [9.17, 15) is 4.79 Å². The summed E-state index contributed by atoms with van der Waals surface area (Å²) in [5, 5.41) is 0. The topological polar surface area (TPSA) is 46.3 Å². The van der Waals surface area contributed by atoms with Crippen molar-refractivity contribution in [2.24, 2.45) is 11.1 Å². The molecule has 0 aromatic rings. The van der Waals surface area contributed by atoms with Gasteiger partial charge < -0.3 is 10.6 Å². The zero-order chi connectivity index (χ0) is 11.5. The summed E-state index contributed by atoms with van der Waals surface area (Å²) in [7, 11) is 0. The lowest BCUT2D eigenvalue weighted by molar-refractivity contribution is -0.133. The highest BCUT2D eigenvalue weighted by Crippen LogP contribution is 2.33. The summed E-state index contributed by atoms with van der Waals surface area (Å²) in [5.74, 6) is 0.225. The normalized spacial score (nSPS) is 21.1. The highest BCUT2D eigenvalue weighted by molar-refractivity contribution is 5.85. The summed E-state index contributed by atoms with van der Waals surface area (Å²) in [6.45, 7) is 8.27. The van der Waals surface area contributed by atoms with Crippen LogP contribution >= 0.6 is 12.4 Å². The molecule has 0 bridgehead atoms. The summed E-state index contributed by atoms with van der Waals surface area (Å²) in [4.78, 5) is 13.7. The molecule has 1 aliphatic heterocycles. The van der Waals surface area contributed by atoms with Crippen LogP contribution in [0.5, 0.6) is 0 Å². The first-order valence-electron chi connectivity index (χ1n) is 6.00. The minimum atomic E-state index is -0.0167. The largest absolute Gasteiger partial charge is 0.343 e. The molecule has 0 radical (unpaired) electrons. The van der Waals surface area contributed by atoms with E-state index in [1.165, 1.54) is 6.42 Å². The summed E-state index contributed by atoms with van der Waals surface area (Å²) in [6.07, 6.45) is 3.97. The molecule has 1 saturated heterocycles. The molecule has 16 heavy (non-hydrogen) atoms. The second-order valence-corrected chi connectivity index (χ2v) is 5.23. The fourth-order valence-electron chi connectivity index (χ4n) is 2.05. The van der Waals surface area contributed by atoms with E-state index in [4.69, 9.17) is 5.73 Å². The smallest absolute Gasteiger partial charge is 0.224 e. The predicted molar refractivity (Wildman–Crippen MR) is 69.7 cm³/mol. The van der Waals surface area contributed by atoms with Gasteiger partial charge in [-0.2, -0.15) is 0 Å². The fraction of sp³-hybridized carbons (Fsp3) is 0.917. The van der Waals surface area contributed by atoms with E-state index in [1.807, 2.05) is 11.8 Å². The van der Waals surface area contributed by atoms with Gasteiger partial charge in [-0.3, -0.25) is 4.79 Å². The van der Waals surface area contributed by atoms with Gasteiger partial charge in [0.25, 0.3) is 0 Å². The second kappa shape index (κ2) is 6.45. The zero-order valence-corrected chi connectivity index (χ0v) is 11.5. The van der Waals surface area contributed by atoms with Gasteiger partial charge in [0.15, 0.2) is 0 Å². The zero-order valence-electron chi connectivity index (χ0n) is 10.7. The van der Waals surface area contributed by atoms with Crippen LogP contribution in [0, 0.1) is 5.41 Å². The van der Waals surface area contributed by atoms with Crippen molar-refractivity contribution in [1.82, 2.24) is 4.90 Å². The molecular weight excluding hydrogens is 224 g/mol. The van der Waals surface area contributed by atoms with Gasteiger partial charge in [-0.05, 0) is 25.2 Å². The highest BCUT2D eigenvalue weighted by atomic mass is 35.5. The highest BCUT2D eigenvalue weighted by Gasteiger charge is 2.30. The third-order valence-electron chi connectivity index (χ3n) is 3.67. The Bertz CT molecular complexity index is 223. The number of carbonyl (C=O) groups excluding carboxylic acids is 1. The van der Waals surface area contributed by atoms with E-state index in [1.54, 1.807) is 0 Å². The van der Waals surface area contributed by atoms with E-state index in [0.717, 1.165) is 25.9 Å². The molecule has 0 saturated carbocycles. The Balaban J connectivity index is 0.00000225. The minimum Gasteiger partial charge on any atom is -0.343 e. The first-order valence-corrected chi connectivity index (χ1v) is 6.00. The third kappa shape index (κ3) is 4.30. The average molecular weight is 249 g/mol. The Hall–Kier alpha value is -0.280. The van der Waals surface area contributed by atoms with Gasteiger partial charge in [0.05, 0.1) is 0 Å². The van der Waals surface area contributed by atoms with Crippen LogP contribution in [0.1, 0.15) is 46.5 Å². The maximum absolute atomic E-state index is 11.8. The van der Waals surface area contributed by atoms with E-state index < -0.39 is 0 Å². The van der Waals surface area contributed by atoms with Crippen molar-refractivity contribution in [2.45, 2.75) is 52.5 Å². The molecule has 1 amide bonds. The van der Waals surface area contributed by atoms with Crippen LogP contribution in [0.2, 0.25) is 0 Å². The van der Waals surface area contributed by atoms with Crippen molar-refractivity contribution >= 4 is 18.3 Å². The van der Waals surface area contributed by atoms with Gasteiger partial charge in [0.2, 0.25) is 5.91 Å². The number of nitrogens with two attached hydrogens (primary N) is 1. The number of amides is 1. The molecule has 4 heteroatoms. The van der Waals surface area contributed by atoms with Crippen LogP contribution in [-0.2, 0) is 4.79 Å². The SMILES string of the molecule is CCC1(C)CCN(C(=O)CC(C)N)CC1.Cl. The van der Waals surface area contributed by atoms with Crippen LogP contribution in [0.15, 0.2) is 0 Å². The van der Waals surface area contributed by atoms with Gasteiger partial charge in [-0.25, -0.2) is 0 Å². The number of rotatable bonds is 3. The lowest BCUT2D eigenvalue weighted by Gasteiger charge is -2.39. The Morgan fingerprint density at radius 2 is 1.94 bits per heavy atom. The van der Waals surface area contributed by atoms with Crippen molar-refractivity contribution in [2.75, 3.05) is 13.1 Å². The molecule has 96 valence electrons. The van der Waals surface area contributed by atoms with Crippen molar-refractivity contribution in [3.05, 3.63) is 0 Å². The Morgan fingerprint density at radius 1 is 1.44 bits per heavy atom. The molecule has 1 rings (SSSR count). The van der Waals surface area contributed by atoms with E-state index in [2.05, 4.69) is 13.8 Å². The first-order chi connectivity index (χ1) is 6.97.